The Morgan fingerprint density at radius 1 is 1.32 bits per heavy atom. The molecule has 1 aliphatic heterocycles. The second-order valence-corrected chi connectivity index (χ2v) is 5.12. The Morgan fingerprint density at radius 3 is 2.68 bits per heavy atom. The number of aliphatic hydroxyl groups excluding tert-OH is 1. The molecule has 2 atom stereocenters. The van der Waals surface area contributed by atoms with E-state index < -0.39 is 6.10 Å². The molecule has 1 saturated carbocycles. The standard InChI is InChI=1S/C13H17N3O3/c17-11-7-19-4-3-10(11)16-13(18)9-5-14-12(15-6-9)8-1-2-8/h5-6,8,10-11,17H,1-4,7H2,(H,16,18)/t10-,11-/m1/s1. The van der Waals surface area contributed by atoms with Gasteiger partial charge in [0, 0.05) is 24.9 Å². The molecule has 0 bridgehead atoms. The van der Waals surface area contributed by atoms with Crippen LogP contribution in [0.2, 0.25) is 0 Å². The summed E-state index contributed by atoms with van der Waals surface area (Å²) in [4.78, 5) is 20.4. The van der Waals surface area contributed by atoms with Gasteiger partial charge in [-0.2, -0.15) is 0 Å². The number of ether oxygens (including phenoxy) is 1. The van der Waals surface area contributed by atoms with Crippen LogP contribution >= 0.6 is 0 Å². The quantitative estimate of drug-likeness (QED) is 0.815. The van der Waals surface area contributed by atoms with Crippen molar-refractivity contribution in [1.82, 2.24) is 15.3 Å². The smallest absolute Gasteiger partial charge is 0.254 e. The number of amides is 1. The Hall–Kier alpha value is -1.53. The van der Waals surface area contributed by atoms with Crippen LogP contribution in [0.15, 0.2) is 12.4 Å². The van der Waals surface area contributed by atoms with Crippen molar-refractivity contribution in [2.45, 2.75) is 37.3 Å². The van der Waals surface area contributed by atoms with Crippen molar-refractivity contribution in [2.75, 3.05) is 13.2 Å². The minimum Gasteiger partial charge on any atom is -0.389 e. The fourth-order valence-electron chi connectivity index (χ4n) is 2.15. The van der Waals surface area contributed by atoms with E-state index in [2.05, 4.69) is 15.3 Å². The van der Waals surface area contributed by atoms with Crippen LogP contribution in [0.4, 0.5) is 0 Å². The van der Waals surface area contributed by atoms with E-state index in [0.717, 1.165) is 18.7 Å². The van der Waals surface area contributed by atoms with Crippen LogP contribution in [0, 0.1) is 0 Å². The summed E-state index contributed by atoms with van der Waals surface area (Å²) in [5.74, 6) is 1.06. The number of carbonyl (C=O) groups excluding carboxylic acids is 1. The zero-order valence-corrected chi connectivity index (χ0v) is 10.6. The third kappa shape index (κ3) is 2.90. The largest absolute Gasteiger partial charge is 0.389 e. The first-order valence-electron chi connectivity index (χ1n) is 6.62. The lowest BCUT2D eigenvalue weighted by Gasteiger charge is -2.28. The van der Waals surface area contributed by atoms with Crippen molar-refractivity contribution in [3.63, 3.8) is 0 Å². The highest BCUT2D eigenvalue weighted by molar-refractivity contribution is 5.93. The van der Waals surface area contributed by atoms with Crippen molar-refractivity contribution in [3.8, 4) is 0 Å². The molecule has 6 nitrogen and oxygen atoms in total. The molecular weight excluding hydrogens is 246 g/mol. The average Bonchev–Trinajstić information content (AvgIpc) is 3.26. The van der Waals surface area contributed by atoms with Gasteiger partial charge in [0.2, 0.25) is 0 Å². The fraction of sp³-hybridized carbons (Fsp3) is 0.615. The van der Waals surface area contributed by atoms with E-state index in [1.165, 1.54) is 0 Å². The summed E-state index contributed by atoms with van der Waals surface area (Å²) in [5.41, 5.74) is 0.433. The van der Waals surface area contributed by atoms with Gasteiger partial charge >= 0.3 is 0 Å². The Morgan fingerprint density at radius 2 is 2.05 bits per heavy atom. The number of carbonyl (C=O) groups is 1. The van der Waals surface area contributed by atoms with E-state index in [9.17, 15) is 9.90 Å². The lowest BCUT2D eigenvalue weighted by atomic mass is 10.1. The molecule has 19 heavy (non-hydrogen) atoms. The van der Waals surface area contributed by atoms with Gasteiger partial charge in [-0.05, 0) is 19.3 Å². The highest BCUT2D eigenvalue weighted by atomic mass is 16.5. The van der Waals surface area contributed by atoms with Gasteiger partial charge in [-0.1, -0.05) is 0 Å². The first kappa shape index (κ1) is 12.5. The molecule has 102 valence electrons. The summed E-state index contributed by atoms with van der Waals surface area (Å²) in [6.45, 7) is 0.821. The van der Waals surface area contributed by atoms with Gasteiger partial charge in [-0.25, -0.2) is 9.97 Å². The molecule has 0 spiro atoms. The van der Waals surface area contributed by atoms with Crippen molar-refractivity contribution >= 4 is 5.91 Å². The Bertz CT molecular complexity index is 459. The maximum absolute atomic E-state index is 12.0. The molecular formula is C13H17N3O3. The van der Waals surface area contributed by atoms with E-state index >= 15 is 0 Å². The molecule has 1 aromatic rings. The minimum atomic E-state index is -0.649. The van der Waals surface area contributed by atoms with Gasteiger partial charge in [0.05, 0.1) is 24.3 Å². The third-order valence-corrected chi connectivity index (χ3v) is 3.52. The number of nitrogens with one attached hydrogen (secondary N) is 1. The van der Waals surface area contributed by atoms with Gasteiger partial charge in [0.1, 0.15) is 5.82 Å². The van der Waals surface area contributed by atoms with E-state index in [1.54, 1.807) is 12.4 Å². The van der Waals surface area contributed by atoms with Crippen LogP contribution in [0.25, 0.3) is 0 Å². The second kappa shape index (κ2) is 5.22. The normalized spacial score (nSPS) is 27.0. The molecule has 3 rings (SSSR count). The number of hydrogen-bond donors (Lipinski definition) is 2. The maximum atomic E-state index is 12.0. The van der Waals surface area contributed by atoms with Gasteiger partial charge in [-0.15, -0.1) is 0 Å². The minimum absolute atomic E-state index is 0.242. The number of nitrogens with zero attached hydrogens (tertiary/aromatic N) is 2. The van der Waals surface area contributed by atoms with Crippen LogP contribution in [0.5, 0.6) is 0 Å². The second-order valence-electron chi connectivity index (χ2n) is 5.12. The van der Waals surface area contributed by atoms with Crippen LogP contribution in [0.3, 0.4) is 0 Å². The summed E-state index contributed by atoms with van der Waals surface area (Å²) in [5, 5.41) is 12.5. The summed E-state index contributed by atoms with van der Waals surface area (Å²) < 4.78 is 5.12. The number of aliphatic hydroxyl groups is 1. The first-order chi connectivity index (χ1) is 9.24. The van der Waals surface area contributed by atoms with Crippen LogP contribution in [-0.4, -0.2) is 46.3 Å². The van der Waals surface area contributed by atoms with Crippen LogP contribution in [0.1, 0.15) is 41.4 Å². The molecule has 0 unspecified atom stereocenters. The number of hydrogen-bond acceptors (Lipinski definition) is 5. The molecule has 2 N–H and O–H groups in total. The molecule has 0 aromatic carbocycles. The molecule has 2 fully saturated rings. The van der Waals surface area contributed by atoms with Gasteiger partial charge in [0.15, 0.2) is 0 Å². The van der Waals surface area contributed by atoms with E-state index in [0.29, 0.717) is 24.5 Å². The highest BCUT2D eigenvalue weighted by Crippen LogP contribution is 2.37. The Kier molecular flexibility index (Phi) is 3.44. The van der Waals surface area contributed by atoms with Gasteiger partial charge < -0.3 is 15.2 Å². The fourth-order valence-corrected chi connectivity index (χ4v) is 2.15. The predicted octanol–water partition coefficient (Wildman–Crippen LogP) is 0.234. The van der Waals surface area contributed by atoms with Gasteiger partial charge in [-0.3, -0.25) is 4.79 Å². The summed E-state index contributed by atoms with van der Waals surface area (Å²) in [6.07, 6.45) is 5.36. The number of rotatable bonds is 3. The topological polar surface area (TPSA) is 84.3 Å². The lowest BCUT2D eigenvalue weighted by Crippen LogP contribution is -2.48. The predicted molar refractivity (Wildman–Crippen MR) is 66.7 cm³/mol. The Balaban J connectivity index is 1.62. The highest BCUT2D eigenvalue weighted by Gasteiger charge is 2.28. The van der Waals surface area contributed by atoms with E-state index in [-0.39, 0.29) is 18.6 Å². The monoisotopic (exact) mass is 263 g/mol. The molecule has 1 saturated heterocycles. The third-order valence-electron chi connectivity index (χ3n) is 3.52. The van der Waals surface area contributed by atoms with Crippen molar-refractivity contribution in [2.24, 2.45) is 0 Å². The van der Waals surface area contributed by atoms with E-state index in [1.807, 2.05) is 0 Å². The molecule has 2 aliphatic rings. The molecule has 0 radical (unpaired) electrons. The van der Waals surface area contributed by atoms with Crippen molar-refractivity contribution < 1.29 is 14.6 Å². The lowest BCUT2D eigenvalue weighted by molar-refractivity contribution is -0.0260. The van der Waals surface area contributed by atoms with E-state index in [4.69, 9.17) is 4.74 Å². The molecule has 6 heteroatoms. The summed E-state index contributed by atoms with van der Waals surface area (Å²) >= 11 is 0. The van der Waals surface area contributed by atoms with Crippen molar-refractivity contribution in [3.05, 3.63) is 23.8 Å². The molecule has 1 amide bonds. The van der Waals surface area contributed by atoms with Gasteiger partial charge in [0.25, 0.3) is 5.91 Å². The molecule has 2 heterocycles. The number of aromatic nitrogens is 2. The summed E-state index contributed by atoms with van der Waals surface area (Å²) in [6, 6.07) is -0.260. The SMILES string of the molecule is O=C(N[C@@H]1CCOC[C@H]1O)c1cnc(C2CC2)nc1. The first-order valence-corrected chi connectivity index (χ1v) is 6.62. The van der Waals surface area contributed by atoms with Crippen LogP contribution < -0.4 is 5.32 Å². The van der Waals surface area contributed by atoms with Crippen LogP contribution in [-0.2, 0) is 4.74 Å². The molecule has 1 aromatic heterocycles. The zero-order chi connectivity index (χ0) is 13.2. The summed E-state index contributed by atoms with van der Waals surface area (Å²) in [7, 11) is 0. The maximum Gasteiger partial charge on any atom is 0.254 e. The van der Waals surface area contributed by atoms with Crippen molar-refractivity contribution in [1.29, 1.82) is 0 Å². The average molecular weight is 263 g/mol. The molecule has 1 aliphatic carbocycles. The Labute approximate surface area is 111 Å². The zero-order valence-electron chi connectivity index (χ0n) is 10.6.